The number of halogens is 1. The van der Waals surface area contributed by atoms with Crippen molar-refractivity contribution in [2.45, 2.75) is 12.5 Å². The van der Waals surface area contributed by atoms with E-state index < -0.39 is 0 Å². The molecule has 0 saturated carbocycles. The second-order valence-corrected chi connectivity index (χ2v) is 4.30. The van der Waals surface area contributed by atoms with Gasteiger partial charge in [0.15, 0.2) is 0 Å². The van der Waals surface area contributed by atoms with Crippen LogP contribution in [0.25, 0.3) is 0 Å². The van der Waals surface area contributed by atoms with Crippen molar-refractivity contribution in [3.8, 4) is 5.88 Å². The SMILES string of the molecule is CC1(Oc2ncccc2Br)CNC1. The normalized spacial score (nSPS) is 19.2. The minimum absolute atomic E-state index is 0.0864. The monoisotopic (exact) mass is 242 g/mol. The zero-order valence-corrected chi connectivity index (χ0v) is 8.97. The zero-order valence-electron chi connectivity index (χ0n) is 7.38. The molecular weight excluding hydrogens is 232 g/mol. The summed E-state index contributed by atoms with van der Waals surface area (Å²) in [6.45, 7) is 3.84. The first-order valence-corrected chi connectivity index (χ1v) is 4.99. The highest BCUT2D eigenvalue weighted by Crippen LogP contribution is 2.26. The zero-order chi connectivity index (χ0) is 9.31. The fourth-order valence-electron chi connectivity index (χ4n) is 1.23. The van der Waals surface area contributed by atoms with E-state index in [-0.39, 0.29) is 5.60 Å². The highest BCUT2D eigenvalue weighted by molar-refractivity contribution is 9.10. The van der Waals surface area contributed by atoms with E-state index in [1.54, 1.807) is 6.20 Å². The van der Waals surface area contributed by atoms with Crippen molar-refractivity contribution in [1.29, 1.82) is 0 Å². The molecule has 1 fully saturated rings. The number of rotatable bonds is 2. The topological polar surface area (TPSA) is 34.1 Å². The minimum atomic E-state index is -0.0864. The van der Waals surface area contributed by atoms with Gasteiger partial charge in [-0.1, -0.05) is 0 Å². The molecular formula is C9H11BrN2O. The third-order valence-electron chi connectivity index (χ3n) is 2.07. The van der Waals surface area contributed by atoms with Crippen LogP contribution < -0.4 is 10.1 Å². The van der Waals surface area contributed by atoms with E-state index >= 15 is 0 Å². The molecule has 1 saturated heterocycles. The van der Waals surface area contributed by atoms with Crippen molar-refractivity contribution < 1.29 is 4.74 Å². The number of aromatic nitrogens is 1. The summed E-state index contributed by atoms with van der Waals surface area (Å²) in [7, 11) is 0. The molecule has 1 N–H and O–H groups in total. The molecule has 0 spiro atoms. The van der Waals surface area contributed by atoms with Gasteiger partial charge in [0, 0.05) is 19.3 Å². The lowest BCUT2D eigenvalue weighted by molar-refractivity contribution is 0.0297. The van der Waals surface area contributed by atoms with Crippen LogP contribution in [0, 0.1) is 0 Å². The van der Waals surface area contributed by atoms with Gasteiger partial charge in [0.2, 0.25) is 5.88 Å². The van der Waals surface area contributed by atoms with E-state index in [0.29, 0.717) is 5.88 Å². The second kappa shape index (κ2) is 3.27. The molecule has 4 heteroatoms. The van der Waals surface area contributed by atoms with Crippen LogP contribution in [-0.2, 0) is 0 Å². The smallest absolute Gasteiger partial charge is 0.228 e. The highest BCUT2D eigenvalue weighted by atomic mass is 79.9. The Kier molecular flexibility index (Phi) is 2.26. The first kappa shape index (κ1) is 8.97. The van der Waals surface area contributed by atoms with Crippen molar-refractivity contribution >= 4 is 15.9 Å². The van der Waals surface area contributed by atoms with E-state index in [0.717, 1.165) is 17.6 Å². The van der Waals surface area contributed by atoms with Gasteiger partial charge in [0.25, 0.3) is 0 Å². The highest BCUT2D eigenvalue weighted by Gasteiger charge is 2.34. The second-order valence-electron chi connectivity index (χ2n) is 3.45. The van der Waals surface area contributed by atoms with E-state index in [1.165, 1.54) is 0 Å². The van der Waals surface area contributed by atoms with Gasteiger partial charge in [-0.05, 0) is 35.0 Å². The molecule has 1 aromatic rings. The van der Waals surface area contributed by atoms with Crippen molar-refractivity contribution in [1.82, 2.24) is 10.3 Å². The molecule has 0 radical (unpaired) electrons. The number of hydrogen-bond donors (Lipinski definition) is 1. The fourth-order valence-corrected chi connectivity index (χ4v) is 1.56. The van der Waals surface area contributed by atoms with Crippen LogP contribution in [0.2, 0.25) is 0 Å². The quantitative estimate of drug-likeness (QED) is 0.856. The first-order chi connectivity index (χ1) is 6.20. The van der Waals surface area contributed by atoms with E-state index in [9.17, 15) is 0 Å². The Labute approximate surface area is 85.6 Å². The molecule has 0 bridgehead atoms. The molecule has 2 heterocycles. The predicted octanol–water partition coefficient (Wildman–Crippen LogP) is 1.58. The molecule has 70 valence electrons. The number of ether oxygens (including phenoxy) is 1. The van der Waals surface area contributed by atoms with Crippen LogP contribution >= 0.6 is 15.9 Å². The molecule has 0 atom stereocenters. The first-order valence-electron chi connectivity index (χ1n) is 4.20. The summed E-state index contributed by atoms with van der Waals surface area (Å²) < 4.78 is 6.65. The molecule has 0 aliphatic carbocycles. The van der Waals surface area contributed by atoms with E-state index in [4.69, 9.17) is 4.74 Å². The molecule has 0 unspecified atom stereocenters. The summed E-state index contributed by atoms with van der Waals surface area (Å²) in [5, 5.41) is 3.17. The average Bonchev–Trinajstić information content (AvgIpc) is 2.06. The Hall–Kier alpha value is -0.610. The van der Waals surface area contributed by atoms with Crippen LogP contribution in [0.4, 0.5) is 0 Å². The van der Waals surface area contributed by atoms with Crippen LogP contribution in [-0.4, -0.2) is 23.7 Å². The van der Waals surface area contributed by atoms with Gasteiger partial charge in [-0.2, -0.15) is 0 Å². The van der Waals surface area contributed by atoms with Crippen LogP contribution in [0.5, 0.6) is 5.88 Å². The van der Waals surface area contributed by atoms with Gasteiger partial charge < -0.3 is 10.1 Å². The van der Waals surface area contributed by atoms with Gasteiger partial charge in [-0.25, -0.2) is 4.98 Å². The fraction of sp³-hybridized carbons (Fsp3) is 0.444. The maximum absolute atomic E-state index is 5.75. The average molecular weight is 243 g/mol. The molecule has 13 heavy (non-hydrogen) atoms. The molecule has 2 rings (SSSR count). The van der Waals surface area contributed by atoms with Crippen molar-refractivity contribution in [2.24, 2.45) is 0 Å². The Bertz CT molecular complexity index is 312. The maximum atomic E-state index is 5.75. The lowest BCUT2D eigenvalue weighted by Crippen LogP contribution is -2.61. The third kappa shape index (κ3) is 1.84. The number of hydrogen-bond acceptors (Lipinski definition) is 3. The maximum Gasteiger partial charge on any atom is 0.228 e. The molecule has 3 nitrogen and oxygen atoms in total. The Morgan fingerprint density at radius 3 is 2.92 bits per heavy atom. The van der Waals surface area contributed by atoms with Crippen molar-refractivity contribution in [3.63, 3.8) is 0 Å². The number of nitrogens with one attached hydrogen (secondary N) is 1. The summed E-state index contributed by atoms with van der Waals surface area (Å²) >= 11 is 3.39. The van der Waals surface area contributed by atoms with Crippen LogP contribution in [0.1, 0.15) is 6.92 Å². The van der Waals surface area contributed by atoms with Gasteiger partial charge in [0.05, 0.1) is 4.47 Å². The van der Waals surface area contributed by atoms with Crippen molar-refractivity contribution in [2.75, 3.05) is 13.1 Å². The third-order valence-corrected chi connectivity index (χ3v) is 2.67. The summed E-state index contributed by atoms with van der Waals surface area (Å²) in [5.74, 6) is 0.673. The summed E-state index contributed by atoms with van der Waals surface area (Å²) in [6, 6.07) is 3.80. The van der Waals surface area contributed by atoms with Gasteiger partial charge in [0.1, 0.15) is 5.60 Å². The standard InChI is InChI=1S/C9H11BrN2O/c1-9(5-11-6-9)13-8-7(10)3-2-4-12-8/h2-4,11H,5-6H2,1H3. The van der Waals surface area contributed by atoms with Crippen molar-refractivity contribution in [3.05, 3.63) is 22.8 Å². The summed E-state index contributed by atoms with van der Waals surface area (Å²) in [5.41, 5.74) is -0.0864. The number of pyridine rings is 1. The molecule has 1 aliphatic rings. The molecule has 0 amide bonds. The summed E-state index contributed by atoms with van der Waals surface area (Å²) in [6.07, 6.45) is 1.73. The van der Waals surface area contributed by atoms with Crippen LogP contribution in [0.15, 0.2) is 22.8 Å². The largest absolute Gasteiger partial charge is 0.468 e. The summed E-state index contributed by atoms with van der Waals surface area (Å²) in [4.78, 5) is 4.15. The Balaban J connectivity index is 2.13. The Morgan fingerprint density at radius 1 is 1.62 bits per heavy atom. The van der Waals surface area contributed by atoms with E-state index in [2.05, 4.69) is 33.2 Å². The van der Waals surface area contributed by atoms with Gasteiger partial charge in [-0.3, -0.25) is 0 Å². The molecule has 1 aliphatic heterocycles. The lowest BCUT2D eigenvalue weighted by atomic mass is 10.0. The minimum Gasteiger partial charge on any atom is -0.468 e. The Morgan fingerprint density at radius 2 is 2.38 bits per heavy atom. The number of nitrogens with zero attached hydrogens (tertiary/aromatic N) is 1. The molecule has 1 aromatic heterocycles. The molecule has 0 aromatic carbocycles. The van der Waals surface area contributed by atoms with E-state index in [1.807, 2.05) is 12.1 Å². The van der Waals surface area contributed by atoms with Crippen LogP contribution in [0.3, 0.4) is 0 Å². The lowest BCUT2D eigenvalue weighted by Gasteiger charge is -2.38. The van der Waals surface area contributed by atoms with Gasteiger partial charge >= 0.3 is 0 Å². The predicted molar refractivity (Wildman–Crippen MR) is 53.8 cm³/mol. The van der Waals surface area contributed by atoms with Gasteiger partial charge in [-0.15, -0.1) is 0 Å².